The molecule has 1 aliphatic heterocycles. The molecule has 1 aliphatic carbocycles. The lowest BCUT2D eigenvalue weighted by Crippen LogP contribution is -2.72. The van der Waals surface area contributed by atoms with Crippen molar-refractivity contribution in [2.24, 2.45) is 17.8 Å². The molecule has 6 aromatic rings. The van der Waals surface area contributed by atoms with E-state index in [1.807, 2.05) is 135 Å². The second kappa shape index (κ2) is 21.6. The Labute approximate surface area is 426 Å². The van der Waals surface area contributed by atoms with Crippen molar-refractivity contribution in [1.82, 2.24) is 9.88 Å². The highest BCUT2D eigenvalue weighted by Gasteiger charge is 2.61. The van der Waals surface area contributed by atoms with Gasteiger partial charge in [0.05, 0.1) is 23.0 Å². The summed E-state index contributed by atoms with van der Waals surface area (Å²) >= 11 is 0. The van der Waals surface area contributed by atoms with Crippen LogP contribution in [0.5, 0.6) is 0 Å². The maximum atomic E-state index is 16.1. The number of ether oxygens (including phenoxy) is 1. The van der Waals surface area contributed by atoms with Crippen LogP contribution in [0.25, 0.3) is 11.1 Å². The summed E-state index contributed by atoms with van der Waals surface area (Å²) < 4.78 is 48.5. The first kappa shape index (κ1) is 52.3. The molecule has 0 bridgehead atoms. The highest BCUT2D eigenvalue weighted by atomic mass is 32.2. The van der Waals surface area contributed by atoms with Gasteiger partial charge in [-0.05, 0) is 108 Å². The molecule has 0 radical (unpaired) electrons. The third-order valence-electron chi connectivity index (χ3n) is 14.8. The fraction of sp³-hybridized carbons (Fsp3) is 0.305. The van der Waals surface area contributed by atoms with Crippen LogP contribution in [0.4, 0.5) is 0 Å². The second-order valence-corrected chi connectivity index (χ2v) is 30.0. The Kier molecular flexibility index (Phi) is 15.7. The van der Waals surface area contributed by atoms with Gasteiger partial charge in [0, 0.05) is 31.1 Å². The number of esters is 1. The van der Waals surface area contributed by atoms with Gasteiger partial charge in [0.2, 0.25) is 5.91 Å². The number of ketones is 1. The number of carbonyl (C=O) groups excluding carboxylic acids is 3. The first-order valence-electron chi connectivity index (χ1n) is 24.7. The van der Waals surface area contributed by atoms with E-state index in [1.54, 1.807) is 35.5 Å². The first-order valence-corrected chi connectivity index (χ1v) is 30.8. The van der Waals surface area contributed by atoms with Crippen LogP contribution in [0.1, 0.15) is 64.2 Å². The molecule has 1 saturated heterocycles. The zero-order valence-corrected chi connectivity index (χ0v) is 44.9. The molecule has 2 unspecified atom stereocenters. The lowest BCUT2D eigenvalue weighted by Gasteiger charge is -2.56. The van der Waals surface area contributed by atoms with Crippen molar-refractivity contribution < 1.29 is 36.1 Å². The van der Waals surface area contributed by atoms with E-state index >= 15 is 14.4 Å². The standard InChI is InChI=1S/C59H65N2O8PSSi/c1-9-39-67-58(64)57(70(46-23-13-10-14-24-46,47-25-15-11-16-26-47)48-27-17-12-18-28-48)61-53(52(56(61)63)42(3)69-72(7,8)59(4,5)6)50-29-20-30-51(54(50)62)55(68-71(65,66)49-33-31-41(2)32-34-49)45-22-19-21-44(40-45)43-35-37-60-38-36-43/h9-19,21-28,31-38,40,42,50-53,55H,1,20,29-30,39H2,2-8H3/t42-,50-,51?,52-,53-,55?/m1/s1. The number of hydrogen-bond donors (Lipinski definition) is 0. The van der Waals surface area contributed by atoms with Crippen LogP contribution in [0.15, 0.2) is 182 Å². The molecule has 6 atom stereocenters. The summed E-state index contributed by atoms with van der Waals surface area (Å²) in [6.07, 6.45) is 4.15. The molecule has 1 amide bonds. The van der Waals surface area contributed by atoms with E-state index in [9.17, 15) is 8.42 Å². The highest BCUT2D eigenvalue weighted by Crippen LogP contribution is 2.53. The van der Waals surface area contributed by atoms with Crippen molar-refractivity contribution in [1.29, 1.82) is 0 Å². The third-order valence-corrected chi connectivity index (χ3v) is 24.9. The maximum absolute atomic E-state index is 16.1. The van der Waals surface area contributed by atoms with Gasteiger partial charge in [0.25, 0.3) is 10.1 Å². The molecule has 2 heterocycles. The molecule has 10 nitrogen and oxygen atoms in total. The molecule has 13 heteroatoms. The van der Waals surface area contributed by atoms with Crippen LogP contribution in [-0.4, -0.2) is 68.4 Å². The lowest BCUT2D eigenvalue weighted by molar-refractivity contribution is -0.164. The first-order chi connectivity index (χ1) is 34.4. The second-order valence-electron chi connectivity index (χ2n) is 20.4. The van der Waals surface area contributed by atoms with Crippen LogP contribution in [0.3, 0.4) is 0 Å². The van der Waals surface area contributed by atoms with E-state index in [0.717, 1.165) is 32.6 Å². The zero-order valence-electron chi connectivity index (χ0n) is 42.2. The highest BCUT2D eigenvalue weighted by molar-refractivity contribution is 7.96. The smallest absolute Gasteiger partial charge is 0.356 e. The van der Waals surface area contributed by atoms with Gasteiger partial charge in [-0.25, -0.2) is 4.79 Å². The Morgan fingerprint density at radius 3 is 1.92 bits per heavy atom. The molecule has 1 saturated carbocycles. The maximum Gasteiger partial charge on any atom is 0.356 e. The van der Waals surface area contributed by atoms with Gasteiger partial charge in [-0.1, -0.05) is 167 Å². The fourth-order valence-corrected chi connectivity index (χ4v) is 17.1. The summed E-state index contributed by atoms with van der Waals surface area (Å²) in [6.45, 7) is 14.8. The largest absolute Gasteiger partial charge is 0.457 e. The normalized spacial score (nSPS) is 19.5. The summed E-state index contributed by atoms with van der Waals surface area (Å²) in [5.41, 5.74) is 3.19. The van der Waals surface area contributed by atoms with Gasteiger partial charge in [-0.3, -0.25) is 18.8 Å². The molecule has 374 valence electrons. The van der Waals surface area contributed by atoms with Crippen LogP contribution >= 0.6 is 6.89 Å². The number of aromatic nitrogens is 1. The van der Waals surface area contributed by atoms with Gasteiger partial charge in [0.15, 0.2) is 8.32 Å². The summed E-state index contributed by atoms with van der Waals surface area (Å²) in [6, 6.07) is 46.0. The molecule has 0 N–H and O–H groups in total. The van der Waals surface area contributed by atoms with E-state index in [-0.39, 0.29) is 33.6 Å². The number of β-lactam (4-membered cyclic amide) rings is 1. The van der Waals surface area contributed by atoms with Gasteiger partial charge < -0.3 is 14.1 Å². The monoisotopic (exact) mass is 1020 g/mol. The average molecular weight is 1020 g/mol. The number of amides is 1. The average Bonchev–Trinajstić information content (AvgIpc) is 3.37. The summed E-state index contributed by atoms with van der Waals surface area (Å²) in [4.78, 5) is 53.2. The van der Waals surface area contributed by atoms with Crippen molar-refractivity contribution >= 4 is 64.3 Å². The Bertz CT molecular complexity index is 2970. The number of pyridine rings is 1. The molecular weight excluding hydrogens is 956 g/mol. The van der Waals surface area contributed by atoms with Crippen molar-refractivity contribution in [3.8, 4) is 11.1 Å². The number of carbonyl (C=O) groups is 3. The van der Waals surface area contributed by atoms with Gasteiger partial charge in [-0.2, -0.15) is 8.42 Å². The topological polar surface area (TPSA) is 129 Å². The van der Waals surface area contributed by atoms with E-state index in [2.05, 4.69) is 45.4 Å². The molecular formula is C59H65N2O8PSSi. The Balaban J connectivity index is 1.36. The Morgan fingerprint density at radius 2 is 1.38 bits per heavy atom. The predicted molar refractivity (Wildman–Crippen MR) is 291 cm³/mol. The predicted octanol–water partition coefficient (Wildman–Crippen LogP) is 10.6. The van der Waals surface area contributed by atoms with Gasteiger partial charge in [0.1, 0.15) is 23.9 Å². The molecule has 2 fully saturated rings. The number of nitrogens with zero attached hydrogens (tertiary/aromatic N) is 2. The van der Waals surface area contributed by atoms with E-state index in [1.165, 1.54) is 18.2 Å². The number of hydrogen-bond acceptors (Lipinski definition) is 9. The SMILES string of the molecule is C=CCOC(=O)C(N1C(=O)[C@H]([C@@H](C)O[Si](C)(C)C(C)(C)C)[C@H]1[C@H]1CCCC(C(OS(=O)(=O)c2ccc(C)cc2)c2cccc(-c3ccncc3)c2)C1=O)=P(c1ccccc1)(c1ccccc1)c1ccccc1. The van der Waals surface area contributed by atoms with Crippen molar-refractivity contribution in [3.05, 3.63) is 188 Å². The van der Waals surface area contributed by atoms with Crippen molar-refractivity contribution in [3.63, 3.8) is 0 Å². The van der Waals surface area contributed by atoms with Crippen LogP contribution in [0.2, 0.25) is 18.1 Å². The van der Waals surface area contributed by atoms with Gasteiger partial charge >= 0.3 is 5.97 Å². The minimum Gasteiger partial charge on any atom is -0.457 e. The van der Waals surface area contributed by atoms with Crippen molar-refractivity contribution in [2.75, 3.05) is 6.61 Å². The quantitative estimate of drug-likeness (QED) is 0.0219. The summed E-state index contributed by atoms with van der Waals surface area (Å²) in [5, 5.41) is 2.22. The number of likely N-dealkylation sites (tertiary alicyclic amines) is 1. The Hall–Kier alpha value is -6.01. The molecule has 72 heavy (non-hydrogen) atoms. The van der Waals surface area contributed by atoms with E-state index in [0.29, 0.717) is 24.8 Å². The van der Waals surface area contributed by atoms with Crippen LogP contribution in [-0.2, 0) is 37.8 Å². The minimum absolute atomic E-state index is 0.0315. The Morgan fingerprint density at radius 1 is 0.806 bits per heavy atom. The van der Waals surface area contributed by atoms with Crippen LogP contribution in [0, 0.1) is 24.7 Å². The molecule has 5 aromatic carbocycles. The fourth-order valence-electron chi connectivity index (χ4n) is 10.2. The molecule has 0 spiro atoms. The lowest BCUT2D eigenvalue weighted by atomic mass is 9.66. The number of aryl methyl sites for hydroxylation is 1. The summed E-state index contributed by atoms with van der Waals surface area (Å²) in [7, 11) is -6.98. The van der Waals surface area contributed by atoms with Crippen LogP contribution < -0.4 is 15.9 Å². The van der Waals surface area contributed by atoms with Crippen molar-refractivity contribution in [2.45, 2.75) is 95.2 Å². The number of rotatable bonds is 17. The third kappa shape index (κ3) is 10.3. The molecule has 8 rings (SSSR count). The number of benzene rings is 5. The zero-order chi connectivity index (χ0) is 51.4. The minimum atomic E-state index is -4.44. The summed E-state index contributed by atoms with van der Waals surface area (Å²) in [5.74, 6) is -4.01. The molecule has 1 aromatic heterocycles. The number of Topliss-reactive ketones (excluding diaryl/α,β-unsaturated/α-hetero) is 1. The van der Waals surface area contributed by atoms with E-state index < -0.39 is 67.3 Å². The van der Waals surface area contributed by atoms with E-state index in [4.69, 9.17) is 13.3 Å². The van der Waals surface area contributed by atoms with Gasteiger partial charge in [-0.15, -0.1) is 0 Å². The molecule has 2 aliphatic rings.